The van der Waals surface area contributed by atoms with Crippen LogP contribution in [0.4, 0.5) is 0 Å². The van der Waals surface area contributed by atoms with Crippen molar-refractivity contribution < 1.29 is 14.3 Å². The smallest absolute Gasteiger partial charge is 0.258 e. The summed E-state index contributed by atoms with van der Waals surface area (Å²) in [5.74, 6) is 1.01. The molecule has 1 unspecified atom stereocenters. The van der Waals surface area contributed by atoms with E-state index in [9.17, 15) is 9.59 Å². The van der Waals surface area contributed by atoms with Crippen LogP contribution >= 0.6 is 0 Å². The van der Waals surface area contributed by atoms with Gasteiger partial charge in [0.05, 0.1) is 0 Å². The van der Waals surface area contributed by atoms with Gasteiger partial charge in [0.25, 0.3) is 5.91 Å². The van der Waals surface area contributed by atoms with Crippen LogP contribution in [-0.2, 0) is 9.59 Å². The molecule has 1 atom stereocenters. The molecule has 150 valence electrons. The van der Waals surface area contributed by atoms with E-state index in [0.717, 1.165) is 19.6 Å². The van der Waals surface area contributed by atoms with E-state index in [4.69, 9.17) is 4.74 Å². The number of hydrogen-bond acceptors (Lipinski definition) is 4. The van der Waals surface area contributed by atoms with Gasteiger partial charge in [0.2, 0.25) is 5.91 Å². The molecule has 1 aliphatic heterocycles. The zero-order valence-electron chi connectivity index (χ0n) is 17.0. The topological polar surface area (TPSA) is 61.9 Å². The van der Waals surface area contributed by atoms with E-state index in [1.54, 1.807) is 12.1 Å². The van der Waals surface area contributed by atoms with E-state index in [1.165, 1.54) is 0 Å². The molecule has 0 saturated carbocycles. The fraction of sp³-hybridized carbons (Fsp3) is 0.619. The third kappa shape index (κ3) is 6.86. The Kier molecular flexibility index (Phi) is 8.10. The minimum absolute atomic E-state index is 0.00209. The Balaban J connectivity index is 1.85. The highest BCUT2D eigenvalue weighted by Gasteiger charge is 2.30. The van der Waals surface area contributed by atoms with E-state index < -0.39 is 6.04 Å². The third-order valence-electron chi connectivity index (χ3n) is 4.67. The predicted octanol–water partition coefficient (Wildman–Crippen LogP) is 2.01. The Morgan fingerprint density at radius 1 is 1.04 bits per heavy atom. The highest BCUT2D eigenvalue weighted by Crippen LogP contribution is 2.12. The first kappa shape index (κ1) is 21.2. The van der Waals surface area contributed by atoms with Crippen molar-refractivity contribution in [1.29, 1.82) is 0 Å². The molecule has 1 N–H and O–H groups in total. The Labute approximate surface area is 162 Å². The molecule has 0 bridgehead atoms. The summed E-state index contributed by atoms with van der Waals surface area (Å²) in [5.41, 5.74) is 0. The highest BCUT2D eigenvalue weighted by atomic mass is 16.5. The average molecular weight is 376 g/mol. The van der Waals surface area contributed by atoms with Gasteiger partial charge >= 0.3 is 0 Å². The van der Waals surface area contributed by atoms with Crippen LogP contribution in [0.5, 0.6) is 5.75 Å². The van der Waals surface area contributed by atoms with Gasteiger partial charge in [0.1, 0.15) is 11.8 Å². The second-order valence-electron chi connectivity index (χ2n) is 7.91. The Hall–Kier alpha value is -2.08. The Morgan fingerprint density at radius 3 is 2.22 bits per heavy atom. The number of nitrogens with zero attached hydrogens (tertiary/aromatic N) is 2. The molecule has 1 aromatic rings. The largest absolute Gasteiger partial charge is 0.484 e. The molecule has 1 saturated heterocycles. The van der Waals surface area contributed by atoms with Crippen molar-refractivity contribution in [2.24, 2.45) is 11.8 Å². The molecule has 1 heterocycles. The lowest BCUT2D eigenvalue weighted by atomic mass is 10.0. The van der Waals surface area contributed by atoms with Gasteiger partial charge in [-0.15, -0.1) is 0 Å². The minimum atomic E-state index is -0.520. The van der Waals surface area contributed by atoms with Gasteiger partial charge in [-0.05, 0) is 24.0 Å². The first-order valence-electron chi connectivity index (χ1n) is 9.85. The van der Waals surface area contributed by atoms with Crippen LogP contribution in [0.1, 0.15) is 27.7 Å². The molecule has 6 heteroatoms. The van der Waals surface area contributed by atoms with Crippen LogP contribution in [0, 0.1) is 11.8 Å². The van der Waals surface area contributed by atoms with E-state index in [1.807, 2.05) is 36.9 Å². The predicted molar refractivity (Wildman–Crippen MR) is 107 cm³/mol. The molecule has 27 heavy (non-hydrogen) atoms. The van der Waals surface area contributed by atoms with Crippen LogP contribution < -0.4 is 10.1 Å². The molecule has 1 aromatic carbocycles. The van der Waals surface area contributed by atoms with E-state index in [-0.39, 0.29) is 24.3 Å². The number of rotatable bonds is 8. The summed E-state index contributed by atoms with van der Waals surface area (Å²) in [6, 6.07) is 8.68. The first-order valence-corrected chi connectivity index (χ1v) is 9.85. The van der Waals surface area contributed by atoms with Gasteiger partial charge in [-0.2, -0.15) is 0 Å². The maximum atomic E-state index is 12.9. The molecule has 6 nitrogen and oxygen atoms in total. The molecular weight excluding hydrogens is 342 g/mol. The minimum Gasteiger partial charge on any atom is -0.484 e. The molecular formula is C21H33N3O3. The number of ether oxygens (including phenoxy) is 1. The van der Waals surface area contributed by atoms with E-state index >= 15 is 0 Å². The molecule has 2 rings (SSSR count). The summed E-state index contributed by atoms with van der Waals surface area (Å²) in [7, 11) is 0. The molecule has 0 spiro atoms. The van der Waals surface area contributed by atoms with Crippen molar-refractivity contribution in [2.45, 2.75) is 33.7 Å². The Bertz CT molecular complexity index is 596. The van der Waals surface area contributed by atoms with Crippen molar-refractivity contribution in [3.8, 4) is 5.75 Å². The van der Waals surface area contributed by atoms with Crippen LogP contribution in [0.15, 0.2) is 30.3 Å². The lowest BCUT2D eigenvalue weighted by molar-refractivity contribution is -0.139. The quantitative estimate of drug-likeness (QED) is 0.755. The maximum Gasteiger partial charge on any atom is 0.258 e. The SMILES string of the molecule is CC(C)CN1CCN(C(=O)C(NC(=O)COc2ccccc2)C(C)C)CC1. The summed E-state index contributed by atoms with van der Waals surface area (Å²) in [6.45, 7) is 12.5. The van der Waals surface area contributed by atoms with Crippen LogP contribution in [0.3, 0.4) is 0 Å². The van der Waals surface area contributed by atoms with Crippen molar-refractivity contribution >= 4 is 11.8 Å². The van der Waals surface area contributed by atoms with Crippen molar-refractivity contribution in [3.05, 3.63) is 30.3 Å². The van der Waals surface area contributed by atoms with Crippen LogP contribution in [0.2, 0.25) is 0 Å². The second kappa shape index (κ2) is 10.3. The standard InChI is InChI=1S/C21H33N3O3/c1-16(2)14-23-10-12-24(13-11-23)21(26)20(17(3)4)22-19(25)15-27-18-8-6-5-7-9-18/h5-9,16-17,20H,10-15H2,1-4H3,(H,22,25). The van der Waals surface area contributed by atoms with Crippen LogP contribution in [-0.4, -0.2) is 67.0 Å². The van der Waals surface area contributed by atoms with Gasteiger partial charge in [0.15, 0.2) is 6.61 Å². The zero-order chi connectivity index (χ0) is 19.8. The number of nitrogens with one attached hydrogen (secondary N) is 1. The fourth-order valence-corrected chi connectivity index (χ4v) is 3.26. The second-order valence-corrected chi connectivity index (χ2v) is 7.91. The molecule has 2 amide bonds. The van der Waals surface area contributed by atoms with Crippen molar-refractivity contribution in [1.82, 2.24) is 15.1 Å². The number of para-hydroxylation sites is 1. The molecule has 0 aromatic heterocycles. The summed E-state index contributed by atoms with van der Waals surface area (Å²) >= 11 is 0. The third-order valence-corrected chi connectivity index (χ3v) is 4.67. The number of piperazine rings is 1. The summed E-state index contributed by atoms with van der Waals surface area (Å²) in [6.07, 6.45) is 0. The summed E-state index contributed by atoms with van der Waals surface area (Å²) in [4.78, 5) is 29.5. The van der Waals surface area contributed by atoms with Crippen LogP contribution in [0.25, 0.3) is 0 Å². The van der Waals surface area contributed by atoms with E-state index in [2.05, 4.69) is 24.1 Å². The highest BCUT2D eigenvalue weighted by molar-refractivity contribution is 5.88. The first-order chi connectivity index (χ1) is 12.9. The van der Waals surface area contributed by atoms with Gasteiger partial charge < -0.3 is 15.0 Å². The van der Waals surface area contributed by atoms with Gasteiger partial charge in [0, 0.05) is 32.7 Å². The van der Waals surface area contributed by atoms with Gasteiger partial charge in [-0.3, -0.25) is 14.5 Å². The molecule has 0 aliphatic carbocycles. The average Bonchev–Trinajstić information content (AvgIpc) is 2.64. The molecule has 0 radical (unpaired) electrons. The van der Waals surface area contributed by atoms with Gasteiger partial charge in [-0.1, -0.05) is 45.9 Å². The number of carbonyl (C=O) groups excluding carboxylic acids is 2. The van der Waals surface area contributed by atoms with E-state index in [0.29, 0.717) is 24.8 Å². The number of amides is 2. The van der Waals surface area contributed by atoms with Gasteiger partial charge in [-0.25, -0.2) is 0 Å². The summed E-state index contributed by atoms with van der Waals surface area (Å²) < 4.78 is 5.48. The zero-order valence-corrected chi connectivity index (χ0v) is 17.0. The normalized spacial score (nSPS) is 16.4. The lowest BCUT2D eigenvalue weighted by Gasteiger charge is -2.37. The summed E-state index contributed by atoms with van der Waals surface area (Å²) in [5, 5.41) is 2.86. The number of benzene rings is 1. The number of hydrogen-bond donors (Lipinski definition) is 1. The van der Waals surface area contributed by atoms with Crippen molar-refractivity contribution in [3.63, 3.8) is 0 Å². The fourth-order valence-electron chi connectivity index (χ4n) is 3.26. The lowest BCUT2D eigenvalue weighted by Crippen LogP contribution is -2.57. The van der Waals surface area contributed by atoms with Crippen molar-refractivity contribution in [2.75, 3.05) is 39.3 Å². The number of carbonyl (C=O) groups is 2. The molecule has 1 aliphatic rings. The maximum absolute atomic E-state index is 12.9. The Morgan fingerprint density at radius 2 is 1.67 bits per heavy atom. The molecule has 1 fully saturated rings. The monoisotopic (exact) mass is 375 g/mol.